The Bertz CT molecular complexity index is 3550. The molecule has 0 bridgehead atoms. The van der Waals surface area contributed by atoms with Crippen LogP contribution in [0.25, 0.3) is 103 Å². The molecule has 57 heavy (non-hydrogen) atoms. The highest BCUT2D eigenvalue weighted by atomic mass is 16.5. The average Bonchev–Trinajstić information content (AvgIpc) is 3.65. The van der Waals surface area contributed by atoms with Gasteiger partial charge in [0, 0.05) is 17.0 Å². The second kappa shape index (κ2) is 11.6. The summed E-state index contributed by atoms with van der Waals surface area (Å²) >= 11 is 0. The Kier molecular flexibility index (Phi) is 6.34. The number of rotatable bonds is 3. The maximum absolute atomic E-state index is 7.12. The van der Waals surface area contributed by atoms with Gasteiger partial charge in [-0.2, -0.15) is 0 Å². The van der Waals surface area contributed by atoms with Crippen molar-refractivity contribution in [1.82, 2.24) is 0 Å². The summed E-state index contributed by atoms with van der Waals surface area (Å²) in [6.07, 6.45) is 6.94. The van der Waals surface area contributed by atoms with Crippen molar-refractivity contribution in [3.63, 3.8) is 0 Å². The molecule has 2 unspecified atom stereocenters. The van der Waals surface area contributed by atoms with Gasteiger partial charge in [-0.25, -0.2) is 0 Å². The lowest BCUT2D eigenvalue weighted by Crippen LogP contribution is -2.17. The minimum Gasteiger partial charge on any atom is -0.484 e. The normalized spacial score (nSPS) is 16.2. The predicted molar refractivity (Wildman–Crippen MR) is 242 cm³/mol. The van der Waals surface area contributed by atoms with Gasteiger partial charge < -0.3 is 4.74 Å². The zero-order valence-electron chi connectivity index (χ0n) is 31.0. The molecule has 0 saturated heterocycles. The van der Waals surface area contributed by atoms with Crippen LogP contribution in [-0.2, 0) is 0 Å². The topological polar surface area (TPSA) is 9.23 Å². The zero-order chi connectivity index (χ0) is 37.2. The first-order valence-electron chi connectivity index (χ1n) is 20.0. The summed E-state index contributed by atoms with van der Waals surface area (Å²) in [6.45, 7) is 0. The van der Waals surface area contributed by atoms with E-state index in [1.165, 1.54) is 109 Å². The van der Waals surface area contributed by atoms with Gasteiger partial charge in [-0.3, -0.25) is 0 Å². The van der Waals surface area contributed by atoms with Crippen molar-refractivity contribution >= 4 is 81.0 Å². The highest BCUT2D eigenvalue weighted by Gasteiger charge is 2.36. The lowest BCUT2D eigenvalue weighted by Gasteiger charge is -2.20. The summed E-state index contributed by atoms with van der Waals surface area (Å²) in [4.78, 5) is 0. The molecule has 11 aromatic carbocycles. The Morgan fingerprint density at radius 3 is 1.68 bits per heavy atom. The van der Waals surface area contributed by atoms with E-state index >= 15 is 0 Å². The van der Waals surface area contributed by atoms with Crippen molar-refractivity contribution in [3.8, 4) is 28.0 Å². The monoisotopic (exact) mass is 722 g/mol. The van der Waals surface area contributed by atoms with Gasteiger partial charge in [0.1, 0.15) is 11.9 Å². The van der Waals surface area contributed by atoms with E-state index in [-0.39, 0.29) is 12.0 Å². The van der Waals surface area contributed by atoms with Crippen LogP contribution < -0.4 is 4.74 Å². The highest BCUT2D eigenvalue weighted by Crippen LogP contribution is 2.52. The van der Waals surface area contributed by atoms with E-state index in [2.05, 4.69) is 194 Å². The average molecular weight is 723 g/mol. The van der Waals surface area contributed by atoms with E-state index in [1.54, 1.807) is 0 Å². The maximum Gasteiger partial charge on any atom is 0.132 e. The smallest absolute Gasteiger partial charge is 0.132 e. The van der Waals surface area contributed by atoms with Crippen molar-refractivity contribution in [2.75, 3.05) is 0 Å². The van der Waals surface area contributed by atoms with E-state index in [0.717, 1.165) is 11.3 Å². The largest absolute Gasteiger partial charge is 0.484 e. The first-order chi connectivity index (χ1) is 28.2. The molecule has 2 atom stereocenters. The number of hydrogen-bond donors (Lipinski definition) is 0. The fraction of sp³-hybridized carbons (Fsp3) is 0.0357. The Balaban J connectivity index is 1.06. The summed E-state index contributed by atoms with van der Waals surface area (Å²) in [5.74, 6) is 1.05. The molecule has 2 aliphatic rings. The third-order valence-electron chi connectivity index (χ3n) is 12.9. The van der Waals surface area contributed by atoms with Crippen LogP contribution in [0.2, 0.25) is 0 Å². The van der Waals surface area contributed by atoms with E-state index < -0.39 is 0 Å². The molecule has 0 fully saturated rings. The van der Waals surface area contributed by atoms with Crippen LogP contribution in [-0.4, -0.2) is 6.10 Å². The van der Waals surface area contributed by atoms with Crippen LogP contribution in [0, 0.1) is 0 Å². The lowest BCUT2D eigenvalue weighted by molar-refractivity contribution is 0.270. The summed E-state index contributed by atoms with van der Waals surface area (Å²) in [5, 5.41) is 17.9. The predicted octanol–water partition coefficient (Wildman–Crippen LogP) is 15.0. The van der Waals surface area contributed by atoms with Crippen LogP contribution in [0.4, 0.5) is 0 Å². The van der Waals surface area contributed by atoms with E-state index in [1.807, 2.05) is 0 Å². The van der Waals surface area contributed by atoms with Gasteiger partial charge in [0.05, 0.1) is 0 Å². The Morgan fingerprint density at radius 1 is 0.368 bits per heavy atom. The highest BCUT2D eigenvalue weighted by molar-refractivity contribution is 6.26. The maximum atomic E-state index is 7.12. The molecule has 0 amide bonds. The molecule has 0 saturated carbocycles. The number of benzene rings is 11. The standard InChI is InChI=1S/C56H34O/c1-3-12-40-33(8-1)20-25-46-42(14-6-16-44(40)46)38-24-29-53-50(30-38)52-32-39(43-15-7-17-45-41-13-4-2-9-34(41)21-26-47(43)45)31-51(56(52)57-53)48-27-22-37-19-18-35-10-5-11-36-23-28-49(48)55(37)54(35)36/h1-32,50,53H. The van der Waals surface area contributed by atoms with Crippen LogP contribution in [0.1, 0.15) is 17.0 Å². The number of ether oxygens (including phenoxy) is 1. The van der Waals surface area contributed by atoms with Crippen molar-refractivity contribution in [3.05, 3.63) is 205 Å². The zero-order valence-corrected chi connectivity index (χ0v) is 31.0. The molecule has 1 heteroatoms. The minimum absolute atomic E-state index is 0.0602. The number of hydrogen-bond acceptors (Lipinski definition) is 1. The number of fused-ring (bicyclic) bond motifs is 9. The van der Waals surface area contributed by atoms with Crippen LogP contribution in [0.15, 0.2) is 194 Å². The summed E-state index contributed by atoms with van der Waals surface area (Å²) in [5.41, 5.74) is 8.53. The molecule has 1 aliphatic heterocycles. The summed E-state index contributed by atoms with van der Waals surface area (Å²) in [7, 11) is 0. The molecule has 13 rings (SSSR count). The molecule has 11 aromatic rings. The molecule has 1 heterocycles. The Hall–Kier alpha value is -7.22. The Morgan fingerprint density at radius 2 is 0.930 bits per heavy atom. The summed E-state index contributed by atoms with van der Waals surface area (Å²) < 4.78 is 7.12. The summed E-state index contributed by atoms with van der Waals surface area (Å²) in [6, 6.07) is 65.3. The van der Waals surface area contributed by atoms with Crippen LogP contribution >= 0.6 is 0 Å². The van der Waals surface area contributed by atoms with Gasteiger partial charge in [0.25, 0.3) is 0 Å². The van der Waals surface area contributed by atoms with E-state index in [4.69, 9.17) is 4.74 Å². The van der Waals surface area contributed by atoms with Crippen molar-refractivity contribution in [1.29, 1.82) is 0 Å². The van der Waals surface area contributed by atoms with Crippen molar-refractivity contribution in [2.45, 2.75) is 12.0 Å². The first kappa shape index (κ1) is 31.0. The SMILES string of the molecule is C1=CC2Oc3c(-c4ccc5ccc6cccc7ccc4c5c67)cc(-c4cccc5c4ccc4ccccc45)cc3C2C=C1c1cccc2c1ccc1ccccc12. The fourth-order valence-corrected chi connectivity index (χ4v) is 10.3. The van der Waals surface area contributed by atoms with Gasteiger partial charge in [-0.15, -0.1) is 0 Å². The van der Waals surface area contributed by atoms with Crippen LogP contribution in [0.3, 0.4) is 0 Å². The molecular formula is C56H34O. The molecule has 1 aliphatic carbocycles. The molecule has 0 radical (unpaired) electrons. The molecule has 1 nitrogen and oxygen atoms in total. The van der Waals surface area contributed by atoms with E-state index in [0.29, 0.717) is 0 Å². The minimum atomic E-state index is -0.0928. The quantitative estimate of drug-likeness (QED) is 0.165. The molecule has 0 spiro atoms. The van der Waals surface area contributed by atoms with Gasteiger partial charge in [0.2, 0.25) is 0 Å². The fourth-order valence-electron chi connectivity index (χ4n) is 10.3. The lowest BCUT2D eigenvalue weighted by atomic mass is 9.82. The van der Waals surface area contributed by atoms with Gasteiger partial charge in [0.15, 0.2) is 0 Å². The van der Waals surface area contributed by atoms with Crippen molar-refractivity contribution in [2.24, 2.45) is 0 Å². The van der Waals surface area contributed by atoms with Crippen molar-refractivity contribution < 1.29 is 4.74 Å². The second-order valence-corrected chi connectivity index (χ2v) is 15.9. The molecule has 0 N–H and O–H groups in total. The van der Waals surface area contributed by atoms with E-state index in [9.17, 15) is 0 Å². The molecular weight excluding hydrogens is 689 g/mol. The van der Waals surface area contributed by atoms with Gasteiger partial charge in [-0.05, 0) is 121 Å². The second-order valence-electron chi connectivity index (χ2n) is 15.9. The Labute approximate surface area is 329 Å². The molecule has 0 aromatic heterocycles. The third kappa shape index (κ3) is 4.46. The van der Waals surface area contributed by atoms with Gasteiger partial charge in [-0.1, -0.05) is 176 Å². The van der Waals surface area contributed by atoms with Gasteiger partial charge >= 0.3 is 0 Å². The number of allylic oxidation sites excluding steroid dienone is 2. The molecule has 264 valence electrons. The third-order valence-corrected chi connectivity index (χ3v) is 12.9. The van der Waals surface area contributed by atoms with Crippen LogP contribution in [0.5, 0.6) is 5.75 Å². The first-order valence-corrected chi connectivity index (χ1v) is 20.0.